The summed E-state index contributed by atoms with van der Waals surface area (Å²) in [4.78, 5) is 51.9. The number of ketones is 1. The van der Waals surface area contributed by atoms with Gasteiger partial charge in [-0.3, -0.25) is 9.59 Å². The van der Waals surface area contributed by atoms with Crippen LogP contribution in [0.25, 0.3) is 0 Å². The van der Waals surface area contributed by atoms with E-state index in [0.717, 1.165) is 4.90 Å². The van der Waals surface area contributed by atoms with Gasteiger partial charge in [-0.25, -0.2) is 14.5 Å². The summed E-state index contributed by atoms with van der Waals surface area (Å²) in [5.74, 6) is -2.38. The van der Waals surface area contributed by atoms with Gasteiger partial charge < -0.3 is 19.1 Å². The molecule has 1 atom stereocenters. The van der Waals surface area contributed by atoms with Crippen molar-refractivity contribution in [2.24, 2.45) is 0 Å². The number of likely N-dealkylation sites (N-methyl/N-ethyl adjacent to an activating group) is 1. The summed E-state index contributed by atoms with van der Waals surface area (Å²) in [5, 5.41) is 0. The van der Waals surface area contributed by atoms with Crippen LogP contribution in [0.4, 0.5) is 4.79 Å². The molecule has 9 heteroatoms. The molecule has 0 unspecified atom stereocenters. The molecule has 3 rings (SSSR count). The molecular weight excluding hydrogens is 320 g/mol. The molecule has 2 amide bonds. The first-order valence-electron chi connectivity index (χ1n) is 7.71. The fourth-order valence-electron chi connectivity index (χ4n) is 3.12. The number of rotatable bonds is 3. The van der Waals surface area contributed by atoms with Crippen molar-refractivity contribution in [2.45, 2.75) is 18.9 Å². The Morgan fingerprint density at radius 1 is 1.25 bits per heavy atom. The first kappa shape index (κ1) is 16.4. The van der Waals surface area contributed by atoms with Crippen molar-refractivity contribution in [1.29, 1.82) is 0 Å². The molecule has 0 bridgehead atoms. The van der Waals surface area contributed by atoms with Crippen molar-refractivity contribution in [2.75, 3.05) is 40.0 Å². The van der Waals surface area contributed by atoms with E-state index in [-0.39, 0.29) is 18.6 Å². The minimum Gasteiger partial charge on any atom is -0.462 e. The average Bonchev–Trinajstić information content (AvgIpc) is 2.99. The number of carbonyl (C=O) groups is 4. The highest BCUT2D eigenvalue weighted by atomic mass is 16.6. The van der Waals surface area contributed by atoms with E-state index in [0.29, 0.717) is 32.0 Å². The summed E-state index contributed by atoms with van der Waals surface area (Å²) in [6.07, 6.45) is -1.06. The van der Waals surface area contributed by atoms with Gasteiger partial charge in [-0.15, -0.1) is 0 Å². The van der Waals surface area contributed by atoms with Crippen molar-refractivity contribution >= 4 is 23.8 Å². The summed E-state index contributed by atoms with van der Waals surface area (Å²) in [6, 6.07) is 0. The minimum atomic E-state index is -1.98. The molecule has 2 saturated heterocycles. The van der Waals surface area contributed by atoms with E-state index in [9.17, 15) is 19.2 Å². The molecule has 2 aliphatic heterocycles. The second-order valence-electron chi connectivity index (χ2n) is 5.71. The molecule has 2 heterocycles. The SMILES string of the molecule is CCOC(=O)C1=C(N2CCOCC2)C[C@@]2(OC(=O)N(C)C2=O)C1=O. The lowest BCUT2D eigenvalue weighted by molar-refractivity contribution is -0.146. The number of hydrogen-bond donors (Lipinski definition) is 0. The molecule has 24 heavy (non-hydrogen) atoms. The Labute approximate surface area is 138 Å². The number of imide groups is 1. The highest BCUT2D eigenvalue weighted by Gasteiger charge is 2.64. The first-order valence-corrected chi connectivity index (χ1v) is 7.71. The van der Waals surface area contributed by atoms with Gasteiger partial charge in [0.1, 0.15) is 5.57 Å². The molecule has 1 spiro atoms. The van der Waals surface area contributed by atoms with Crippen molar-refractivity contribution < 1.29 is 33.4 Å². The lowest BCUT2D eigenvalue weighted by atomic mass is 9.97. The lowest BCUT2D eigenvalue weighted by Crippen LogP contribution is -2.46. The quantitative estimate of drug-likeness (QED) is 0.384. The summed E-state index contributed by atoms with van der Waals surface area (Å²) < 4.78 is 15.4. The molecule has 0 N–H and O–H groups in total. The number of nitrogens with zero attached hydrogens (tertiary/aromatic N) is 2. The Morgan fingerprint density at radius 2 is 1.92 bits per heavy atom. The standard InChI is InChI=1S/C15H18N2O7/c1-3-23-12(19)10-9(17-4-6-22-7-5-17)8-15(11(10)18)13(20)16(2)14(21)24-15/h3-8H2,1-2H3/t15-/m1/s1. The molecule has 0 saturated carbocycles. The van der Waals surface area contributed by atoms with Gasteiger partial charge in [0.05, 0.1) is 19.8 Å². The third-order valence-electron chi connectivity index (χ3n) is 4.36. The molecule has 0 aromatic rings. The van der Waals surface area contributed by atoms with E-state index in [2.05, 4.69) is 0 Å². The van der Waals surface area contributed by atoms with Gasteiger partial charge in [0.2, 0.25) is 5.78 Å². The zero-order chi connectivity index (χ0) is 17.5. The smallest absolute Gasteiger partial charge is 0.417 e. The maximum Gasteiger partial charge on any atom is 0.417 e. The topological polar surface area (TPSA) is 102 Å². The molecule has 130 valence electrons. The Morgan fingerprint density at radius 3 is 2.46 bits per heavy atom. The number of hydrogen-bond acceptors (Lipinski definition) is 8. The largest absolute Gasteiger partial charge is 0.462 e. The Bertz CT molecular complexity index is 650. The van der Waals surface area contributed by atoms with Gasteiger partial charge in [0.15, 0.2) is 0 Å². The molecule has 0 radical (unpaired) electrons. The number of morpholine rings is 1. The summed E-state index contributed by atoms with van der Waals surface area (Å²) in [7, 11) is 1.24. The second-order valence-corrected chi connectivity index (χ2v) is 5.71. The Hall–Kier alpha value is -2.42. The third-order valence-corrected chi connectivity index (χ3v) is 4.36. The molecule has 2 fully saturated rings. The van der Waals surface area contributed by atoms with E-state index in [4.69, 9.17) is 14.2 Å². The van der Waals surface area contributed by atoms with E-state index in [1.165, 1.54) is 7.05 Å². The van der Waals surface area contributed by atoms with Crippen LogP contribution in [0.15, 0.2) is 11.3 Å². The van der Waals surface area contributed by atoms with Crippen LogP contribution in [0.5, 0.6) is 0 Å². The van der Waals surface area contributed by atoms with Gasteiger partial charge in [-0.1, -0.05) is 0 Å². The molecule has 0 aromatic carbocycles. The maximum atomic E-state index is 12.9. The molecule has 0 aromatic heterocycles. The predicted octanol–water partition coefficient (Wildman–Crippen LogP) is -0.544. The fourth-order valence-corrected chi connectivity index (χ4v) is 3.12. The van der Waals surface area contributed by atoms with Crippen LogP contribution >= 0.6 is 0 Å². The fraction of sp³-hybridized carbons (Fsp3) is 0.600. The van der Waals surface area contributed by atoms with Gasteiger partial charge in [0.25, 0.3) is 11.5 Å². The summed E-state index contributed by atoms with van der Waals surface area (Å²) in [6.45, 7) is 3.53. The minimum absolute atomic E-state index is 0.0899. The average molecular weight is 338 g/mol. The van der Waals surface area contributed by atoms with Gasteiger partial charge in [-0.05, 0) is 6.92 Å². The lowest BCUT2D eigenvalue weighted by Gasteiger charge is -2.30. The summed E-state index contributed by atoms with van der Waals surface area (Å²) >= 11 is 0. The normalized spacial score (nSPS) is 27.3. The first-order chi connectivity index (χ1) is 11.4. The van der Waals surface area contributed by atoms with Crippen LogP contribution in [0.2, 0.25) is 0 Å². The van der Waals surface area contributed by atoms with E-state index in [1.54, 1.807) is 6.92 Å². The number of esters is 1. The van der Waals surface area contributed by atoms with E-state index in [1.807, 2.05) is 4.90 Å². The van der Waals surface area contributed by atoms with Crippen molar-refractivity contribution in [1.82, 2.24) is 9.80 Å². The number of Topliss-reactive ketones (excluding diaryl/α,β-unsaturated/α-hetero) is 1. The van der Waals surface area contributed by atoms with E-state index >= 15 is 0 Å². The van der Waals surface area contributed by atoms with Gasteiger partial charge in [0, 0.05) is 32.3 Å². The highest BCUT2D eigenvalue weighted by molar-refractivity contribution is 6.32. The molecule has 9 nitrogen and oxygen atoms in total. The van der Waals surface area contributed by atoms with Crippen LogP contribution < -0.4 is 0 Å². The molecule has 1 aliphatic carbocycles. The van der Waals surface area contributed by atoms with Gasteiger partial charge >= 0.3 is 12.1 Å². The zero-order valence-electron chi connectivity index (χ0n) is 13.5. The Kier molecular flexibility index (Phi) is 4.04. The number of amides is 2. The van der Waals surface area contributed by atoms with Crippen molar-refractivity contribution in [3.05, 3.63) is 11.3 Å². The van der Waals surface area contributed by atoms with Crippen LogP contribution in [-0.2, 0) is 28.6 Å². The monoisotopic (exact) mass is 338 g/mol. The third kappa shape index (κ3) is 2.27. The maximum absolute atomic E-state index is 12.9. The summed E-state index contributed by atoms with van der Waals surface area (Å²) in [5.41, 5.74) is -1.82. The molecular formula is C15H18N2O7. The van der Waals surface area contributed by atoms with E-state index < -0.39 is 29.4 Å². The van der Waals surface area contributed by atoms with Crippen LogP contribution in [0.1, 0.15) is 13.3 Å². The zero-order valence-corrected chi connectivity index (χ0v) is 13.5. The second kappa shape index (κ2) is 5.90. The Balaban J connectivity index is 2.01. The molecule has 3 aliphatic rings. The predicted molar refractivity (Wildman–Crippen MR) is 77.7 cm³/mol. The van der Waals surface area contributed by atoms with Gasteiger partial charge in [-0.2, -0.15) is 0 Å². The number of carbonyl (C=O) groups excluding carboxylic acids is 4. The highest BCUT2D eigenvalue weighted by Crippen LogP contribution is 2.41. The van der Waals surface area contributed by atoms with Crippen LogP contribution in [-0.4, -0.2) is 79.1 Å². The van der Waals surface area contributed by atoms with Crippen molar-refractivity contribution in [3.63, 3.8) is 0 Å². The van der Waals surface area contributed by atoms with Crippen LogP contribution in [0.3, 0.4) is 0 Å². The van der Waals surface area contributed by atoms with Crippen LogP contribution in [0, 0.1) is 0 Å². The van der Waals surface area contributed by atoms with Crippen molar-refractivity contribution in [3.8, 4) is 0 Å². The number of ether oxygens (including phenoxy) is 3.